The summed E-state index contributed by atoms with van der Waals surface area (Å²) in [6.45, 7) is 3.74. The van der Waals surface area contributed by atoms with Gasteiger partial charge in [-0.15, -0.1) is 0 Å². The van der Waals surface area contributed by atoms with Gasteiger partial charge >= 0.3 is 0 Å². The van der Waals surface area contributed by atoms with E-state index in [2.05, 4.69) is 33.7 Å². The summed E-state index contributed by atoms with van der Waals surface area (Å²) < 4.78 is 5.35. The molecule has 2 aromatic carbocycles. The minimum Gasteiger partial charge on any atom is -0.496 e. The van der Waals surface area contributed by atoms with Crippen LogP contribution in [0.25, 0.3) is 0 Å². The molecule has 27 heavy (non-hydrogen) atoms. The molecule has 2 aromatic rings. The van der Waals surface area contributed by atoms with Crippen molar-refractivity contribution in [3.05, 3.63) is 54.1 Å². The first-order valence-electron chi connectivity index (χ1n) is 9.74. The molecule has 2 N–H and O–H groups in total. The normalized spacial score (nSPS) is 13.6. The molecule has 1 amide bonds. The van der Waals surface area contributed by atoms with Crippen molar-refractivity contribution in [3.63, 3.8) is 0 Å². The molecule has 5 heteroatoms. The molecular formula is C22H29N3O2. The summed E-state index contributed by atoms with van der Waals surface area (Å²) >= 11 is 0. The van der Waals surface area contributed by atoms with Gasteiger partial charge in [0.15, 0.2) is 0 Å². The van der Waals surface area contributed by atoms with Crippen molar-refractivity contribution in [3.8, 4) is 5.75 Å². The van der Waals surface area contributed by atoms with Crippen molar-refractivity contribution >= 4 is 17.3 Å². The van der Waals surface area contributed by atoms with Crippen LogP contribution in [-0.4, -0.2) is 39.2 Å². The highest BCUT2D eigenvalue weighted by Crippen LogP contribution is 2.22. The van der Waals surface area contributed by atoms with Gasteiger partial charge in [-0.2, -0.15) is 0 Å². The number of methoxy groups -OCH3 is 1. The summed E-state index contributed by atoms with van der Waals surface area (Å²) in [6, 6.07) is 16.2. The lowest BCUT2D eigenvalue weighted by molar-refractivity contribution is -0.116. The second-order valence-corrected chi connectivity index (χ2v) is 6.85. The van der Waals surface area contributed by atoms with Crippen LogP contribution in [0.4, 0.5) is 11.4 Å². The van der Waals surface area contributed by atoms with Crippen LogP contribution in [0, 0.1) is 0 Å². The molecule has 0 saturated carbocycles. The number of benzene rings is 2. The SMILES string of the molecule is COc1ccccc1CCNCCC(=O)Nc1ccc(N2CCCC2)cc1. The van der Waals surface area contributed by atoms with Crippen LogP contribution in [0.1, 0.15) is 24.8 Å². The molecule has 1 saturated heterocycles. The molecule has 144 valence electrons. The number of carbonyl (C=O) groups excluding carboxylic acids is 1. The van der Waals surface area contributed by atoms with Gasteiger partial charge in [0, 0.05) is 37.4 Å². The molecule has 1 aliphatic heterocycles. The first kappa shape index (κ1) is 19.2. The molecular weight excluding hydrogens is 338 g/mol. The maximum atomic E-state index is 12.1. The van der Waals surface area contributed by atoms with E-state index in [9.17, 15) is 4.79 Å². The first-order chi connectivity index (χ1) is 13.3. The van der Waals surface area contributed by atoms with E-state index in [0.717, 1.165) is 37.5 Å². The van der Waals surface area contributed by atoms with Crippen molar-refractivity contribution in [1.82, 2.24) is 5.32 Å². The number of carbonyl (C=O) groups is 1. The Hall–Kier alpha value is -2.53. The Kier molecular flexibility index (Phi) is 7.11. The fraction of sp³-hybridized carbons (Fsp3) is 0.409. The van der Waals surface area contributed by atoms with Crippen molar-refractivity contribution in [2.75, 3.05) is 43.5 Å². The van der Waals surface area contributed by atoms with Crippen molar-refractivity contribution in [1.29, 1.82) is 0 Å². The molecule has 1 heterocycles. The highest BCUT2D eigenvalue weighted by molar-refractivity contribution is 5.91. The molecule has 0 bridgehead atoms. The van der Waals surface area contributed by atoms with Crippen molar-refractivity contribution < 1.29 is 9.53 Å². The van der Waals surface area contributed by atoms with Gasteiger partial charge in [-0.3, -0.25) is 4.79 Å². The zero-order valence-corrected chi connectivity index (χ0v) is 16.0. The van der Waals surface area contributed by atoms with Crippen LogP contribution in [-0.2, 0) is 11.2 Å². The van der Waals surface area contributed by atoms with E-state index >= 15 is 0 Å². The van der Waals surface area contributed by atoms with Crippen LogP contribution in [0.3, 0.4) is 0 Å². The second kappa shape index (κ2) is 9.97. The third-order valence-corrected chi connectivity index (χ3v) is 4.91. The first-order valence-corrected chi connectivity index (χ1v) is 9.74. The summed E-state index contributed by atoms with van der Waals surface area (Å²) in [6.07, 6.45) is 3.87. The van der Waals surface area contributed by atoms with Crippen molar-refractivity contribution in [2.24, 2.45) is 0 Å². The lowest BCUT2D eigenvalue weighted by Crippen LogP contribution is -2.23. The standard InChI is InChI=1S/C22H29N3O2/c1-27-21-7-3-2-6-18(21)12-14-23-15-13-22(26)24-19-8-10-20(11-9-19)25-16-4-5-17-25/h2-3,6-11,23H,4-5,12-17H2,1H3,(H,24,26). The zero-order chi connectivity index (χ0) is 18.9. The highest BCUT2D eigenvalue weighted by Gasteiger charge is 2.12. The lowest BCUT2D eigenvalue weighted by Gasteiger charge is -2.17. The van der Waals surface area contributed by atoms with E-state index in [-0.39, 0.29) is 5.91 Å². The molecule has 0 aliphatic carbocycles. The van der Waals surface area contributed by atoms with E-state index in [0.29, 0.717) is 13.0 Å². The van der Waals surface area contributed by atoms with Crippen LogP contribution in [0.2, 0.25) is 0 Å². The van der Waals surface area contributed by atoms with Gasteiger partial charge in [0.25, 0.3) is 0 Å². The minimum absolute atomic E-state index is 0.0358. The Morgan fingerprint density at radius 2 is 1.78 bits per heavy atom. The van der Waals surface area contributed by atoms with Crippen LogP contribution in [0.15, 0.2) is 48.5 Å². The Morgan fingerprint density at radius 1 is 1.04 bits per heavy atom. The molecule has 0 unspecified atom stereocenters. The molecule has 5 nitrogen and oxygen atoms in total. The Labute approximate surface area is 161 Å². The average Bonchev–Trinajstić information content (AvgIpc) is 3.23. The number of hydrogen-bond acceptors (Lipinski definition) is 4. The number of nitrogens with zero attached hydrogens (tertiary/aromatic N) is 1. The van der Waals surface area contributed by atoms with Crippen LogP contribution < -0.4 is 20.3 Å². The monoisotopic (exact) mass is 367 g/mol. The summed E-state index contributed by atoms with van der Waals surface area (Å²) in [5.41, 5.74) is 3.27. The Bertz CT molecular complexity index is 725. The number of rotatable bonds is 9. The number of nitrogens with one attached hydrogen (secondary N) is 2. The van der Waals surface area contributed by atoms with Gasteiger partial charge in [0.1, 0.15) is 5.75 Å². The van der Waals surface area contributed by atoms with Gasteiger partial charge in [-0.25, -0.2) is 0 Å². The molecule has 0 radical (unpaired) electrons. The maximum Gasteiger partial charge on any atom is 0.225 e. The highest BCUT2D eigenvalue weighted by atomic mass is 16.5. The summed E-state index contributed by atoms with van der Waals surface area (Å²) in [5.74, 6) is 0.947. The van der Waals surface area contributed by atoms with E-state index in [1.807, 2.05) is 30.3 Å². The predicted molar refractivity (Wildman–Crippen MR) is 111 cm³/mol. The smallest absolute Gasteiger partial charge is 0.225 e. The number of amides is 1. The number of hydrogen-bond donors (Lipinski definition) is 2. The summed E-state index contributed by atoms with van der Waals surface area (Å²) in [7, 11) is 1.69. The Balaban J connectivity index is 1.34. The van der Waals surface area contributed by atoms with E-state index in [1.54, 1.807) is 7.11 Å². The number of ether oxygens (including phenoxy) is 1. The number of para-hydroxylation sites is 1. The van der Waals surface area contributed by atoms with Crippen LogP contribution >= 0.6 is 0 Å². The number of anilines is 2. The molecule has 3 rings (SSSR count). The topological polar surface area (TPSA) is 53.6 Å². The quantitative estimate of drug-likeness (QED) is 0.667. The van der Waals surface area contributed by atoms with Crippen LogP contribution in [0.5, 0.6) is 5.75 Å². The van der Waals surface area contributed by atoms with E-state index in [4.69, 9.17) is 4.74 Å². The van der Waals surface area contributed by atoms with Gasteiger partial charge in [-0.05, 0) is 61.7 Å². The summed E-state index contributed by atoms with van der Waals surface area (Å²) in [5, 5.41) is 6.29. The Morgan fingerprint density at radius 3 is 2.52 bits per heavy atom. The maximum absolute atomic E-state index is 12.1. The van der Waals surface area contributed by atoms with E-state index < -0.39 is 0 Å². The average molecular weight is 367 g/mol. The van der Waals surface area contributed by atoms with Crippen molar-refractivity contribution in [2.45, 2.75) is 25.7 Å². The lowest BCUT2D eigenvalue weighted by atomic mass is 10.1. The fourth-order valence-electron chi connectivity index (χ4n) is 3.41. The van der Waals surface area contributed by atoms with E-state index in [1.165, 1.54) is 24.1 Å². The third kappa shape index (κ3) is 5.73. The fourth-order valence-corrected chi connectivity index (χ4v) is 3.41. The predicted octanol–water partition coefficient (Wildman–Crippen LogP) is 3.46. The molecule has 0 atom stereocenters. The van der Waals surface area contributed by atoms with Gasteiger partial charge < -0.3 is 20.3 Å². The van der Waals surface area contributed by atoms with Gasteiger partial charge in [-0.1, -0.05) is 18.2 Å². The zero-order valence-electron chi connectivity index (χ0n) is 16.0. The van der Waals surface area contributed by atoms with Gasteiger partial charge in [0.2, 0.25) is 5.91 Å². The third-order valence-electron chi connectivity index (χ3n) is 4.91. The molecule has 0 spiro atoms. The van der Waals surface area contributed by atoms with Gasteiger partial charge in [0.05, 0.1) is 7.11 Å². The molecule has 1 fully saturated rings. The second-order valence-electron chi connectivity index (χ2n) is 6.85. The molecule has 1 aliphatic rings. The largest absolute Gasteiger partial charge is 0.496 e. The minimum atomic E-state index is 0.0358. The summed E-state index contributed by atoms with van der Waals surface area (Å²) in [4.78, 5) is 14.5. The molecule has 0 aromatic heterocycles.